The third-order valence-electron chi connectivity index (χ3n) is 8.68. The van der Waals surface area contributed by atoms with Crippen molar-refractivity contribution in [3.8, 4) is 22.3 Å². The SMILES string of the molecule is c1ccc(-c2ccc(N(c3ccc(-c4ccccc4)cc3)c3ccc4oc5ccc6oc7ccccc7c6c5c4c3)cc2)cc1. The quantitative estimate of drug-likeness (QED) is 0.204. The molecular formula is C42H27NO2. The van der Waals surface area contributed by atoms with E-state index in [1.54, 1.807) is 0 Å². The molecule has 9 rings (SSSR count). The third kappa shape index (κ3) is 4.29. The van der Waals surface area contributed by atoms with Crippen LogP contribution in [0.15, 0.2) is 173 Å². The maximum atomic E-state index is 6.39. The van der Waals surface area contributed by atoms with Crippen molar-refractivity contribution in [2.24, 2.45) is 0 Å². The van der Waals surface area contributed by atoms with Crippen molar-refractivity contribution in [3.63, 3.8) is 0 Å². The van der Waals surface area contributed by atoms with E-state index in [4.69, 9.17) is 8.83 Å². The van der Waals surface area contributed by atoms with Gasteiger partial charge in [0, 0.05) is 38.6 Å². The molecule has 0 aliphatic rings. The minimum absolute atomic E-state index is 0.852. The molecule has 0 amide bonds. The van der Waals surface area contributed by atoms with Crippen LogP contribution in [0.25, 0.3) is 66.1 Å². The fraction of sp³-hybridized carbons (Fsp3) is 0. The van der Waals surface area contributed by atoms with Crippen LogP contribution in [0.3, 0.4) is 0 Å². The lowest BCUT2D eigenvalue weighted by molar-refractivity contribution is 0.663. The van der Waals surface area contributed by atoms with E-state index >= 15 is 0 Å². The number of fused-ring (bicyclic) bond motifs is 7. The van der Waals surface area contributed by atoms with Gasteiger partial charge in [0.05, 0.1) is 0 Å². The molecule has 7 aromatic carbocycles. The zero-order chi connectivity index (χ0) is 29.7. The standard InChI is InChI=1S/C42H27NO2/c1-3-9-28(10-4-1)30-15-19-32(20-16-30)43(33-21-17-31(18-22-33)29-11-5-2-6-12-29)34-23-24-38-36(27-34)42-40(45-38)26-25-39-41(42)35-13-7-8-14-37(35)44-39/h1-27H. The first-order chi connectivity index (χ1) is 22.3. The second-order valence-corrected chi connectivity index (χ2v) is 11.4. The number of anilines is 3. The average Bonchev–Trinajstić information content (AvgIpc) is 3.68. The van der Waals surface area contributed by atoms with Crippen molar-refractivity contribution in [1.82, 2.24) is 0 Å². The highest BCUT2D eigenvalue weighted by Gasteiger charge is 2.19. The molecule has 45 heavy (non-hydrogen) atoms. The molecule has 0 N–H and O–H groups in total. The van der Waals surface area contributed by atoms with Crippen LogP contribution >= 0.6 is 0 Å². The summed E-state index contributed by atoms with van der Waals surface area (Å²) in [6, 6.07) is 57.3. The summed E-state index contributed by atoms with van der Waals surface area (Å²) >= 11 is 0. The Morgan fingerprint density at radius 2 is 0.733 bits per heavy atom. The lowest BCUT2D eigenvalue weighted by atomic mass is 10.0. The fourth-order valence-electron chi connectivity index (χ4n) is 6.52. The molecule has 2 aromatic heterocycles. The van der Waals surface area contributed by atoms with Crippen LogP contribution < -0.4 is 4.90 Å². The molecule has 0 unspecified atom stereocenters. The number of rotatable bonds is 5. The molecule has 0 bridgehead atoms. The Balaban J connectivity index is 1.23. The van der Waals surface area contributed by atoms with Crippen molar-refractivity contribution < 1.29 is 8.83 Å². The molecule has 3 nitrogen and oxygen atoms in total. The molecule has 212 valence electrons. The highest BCUT2D eigenvalue weighted by molar-refractivity contribution is 6.26. The molecule has 0 atom stereocenters. The van der Waals surface area contributed by atoms with Crippen LogP contribution in [0.2, 0.25) is 0 Å². The average molecular weight is 578 g/mol. The summed E-state index contributed by atoms with van der Waals surface area (Å²) in [5.41, 5.74) is 11.4. The van der Waals surface area contributed by atoms with Gasteiger partial charge in [0.1, 0.15) is 22.3 Å². The van der Waals surface area contributed by atoms with Crippen molar-refractivity contribution >= 4 is 60.9 Å². The van der Waals surface area contributed by atoms with Gasteiger partial charge in [0.2, 0.25) is 0 Å². The van der Waals surface area contributed by atoms with E-state index in [1.165, 1.54) is 22.3 Å². The fourth-order valence-corrected chi connectivity index (χ4v) is 6.52. The molecule has 0 aliphatic heterocycles. The van der Waals surface area contributed by atoms with Gasteiger partial charge in [0.25, 0.3) is 0 Å². The van der Waals surface area contributed by atoms with E-state index in [2.05, 4.69) is 144 Å². The van der Waals surface area contributed by atoms with Crippen LogP contribution in [0.4, 0.5) is 17.1 Å². The van der Waals surface area contributed by atoms with Gasteiger partial charge >= 0.3 is 0 Å². The number of hydrogen-bond donors (Lipinski definition) is 0. The maximum Gasteiger partial charge on any atom is 0.136 e. The van der Waals surface area contributed by atoms with E-state index in [0.29, 0.717) is 0 Å². The monoisotopic (exact) mass is 577 g/mol. The normalized spacial score (nSPS) is 11.6. The number of hydrogen-bond acceptors (Lipinski definition) is 3. The zero-order valence-corrected chi connectivity index (χ0v) is 24.4. The summed E-state index contributed by atoms with van der Waals surface area (Å²) in [4.78, 5) is 2.31. The molecular weight excluding hydrogens is 550 g/mol. The summed E-state index contributed by atoms with van der Waals surface area (Å²) in [5, 5.41) is 4.32. The first kappa shape index (κ1) is 25.4. The molecule has 0 spiro atoms. The van der Waals surface area contributed by atoms with E-state index in [9.17, 15) is 0 Å². The summed E-state index contributed by atoms with van der Waals surface area (Å²) in [5.74, 6) is 0. The minimum atomic E-state index is 0.852. The Morgan fingerprint density at radius 1 is 0.311 bits per heavy atom. The van der Waals surface area contributed by atoms with Crippen molar-refractivity contribution in [3.05, 3.63) is 164 Å². The van der Waals surface area contributed by atoms with Gasteiger partial charge < -0.3 is 13.7 Å². The Hall–Kier alpha value is -6.06. The largest absolute Gasteiger partial charge is 0.456 e. The van der Waals surface area contributed by atoms with Crippen LogP contribution in [-0.4, -0.2) is 0 Å². The van der Waals surface area contributed by atoms with Gasteiger partial charge in [-0.2, -0.15) is 0 Å². The molecule has 0 fully saturated rings. The second-order valence-electron chi connectivity index (χ2n) is 11.4. The van der Waals surface area contributed by atoms with Crippen LogP contribution in [0, 0.1) is 0 Å². The number of nitrogens with zero attached hydrogens (tertiary/aromatic N) is 1. The van der Waals surface area contributed by atoms with Crippen LogP contribution in [0.1, 0.15) is 0 Å². The Bertz CT molecular complexity index is 2370. The van der Waals surface area contributed by atoms with Gasteiger partial charge in [-0.25, -0.2) is 0 Å². The highest BCUT2D eigenvalue weighted by Crippen LogP contribution is 2.43. The topological polar surface area (TPSA) is 29.5 Å². The Morgan fingerprint density at radius 3 is 1.31 bits per heavy atom. The van der Waals surface area contributed by atoms with E-state index in [1.807, 2.05) is 24.3 Å². The van der Waals surface area contributed by atoms with E-state index in [-0.39, 0.29) is 0 Å². The van der Waals surface area contributed by atoms with E-state index in [0.717, 1.165) is 60.9 Å². The Labute approximate surface area is 260 Å². The van der Waals surface area contributed by atoms with Crippen LogP contribution in [-0.2, 0) is 0 Å². The number of furan rings is 2. The van der Waals surface area contributed by atoms with E-state index < -0.39 is 0 Å². The molecule has 0 radical (unpaired) electrons. The molecule has 0 aliphatic carbocycles. The summed E-state index contributed by atoms with van der Waals surface area (Å²) < 4.78 is 12.6. The smallest absolute Gasteiger partial charge is 0.136 e. The van der Waals surface area contributed by atoms with Crippen molar-refractivity contribution in [1.29, 1.82) is 0 Å². The van der Waals surface area contributed by atoms with Gasteiger partial charge in [0.15, 0.2) is 0 Å². The highest BCUT2D eigenvalue weighted by atomic mass is 16.3. The predicted molar refractivity (Wildman–Crippen MR) is 187 cm³/mol. The molecule has 0 saturated heterocycles. The van der Waals surface area contributed by atoms with Crippen molar-refractivity contribution in [2.45, 2.75) is 0 Å². The maximum absolute atomic E-state index is 6.39. The Kier molecular flexibility index (Phi) is 5.82. The first-order valence-electron chi connectivity index (χ1n) is 15.2. The zero-order valence-electron chi connectivity index (χ0n) is 24.4. The number of para-hydroxylation sites is 1. The lowest BCUT2D eigenvalue weighted by Gasteiger charge is -2.26. The van der Waals surface area contributed by atoms with Gasteiger partial charge in [-0.05, 0) is 82.9 Å². The summed E-state index contributed by atoms with van der Waals surface area (Å²) in [7, 11) is 0. The number of benzene rings is 7. The third-order valence-corrected chi connectivity index (χ3v) is 8.68. The summed E-state index contributed by atoms with van der Waals surface area (Å²) in [6.07, 6.45) is 0. The molecule has 2 heterocycles. The second kappa shape index (κ2) is 10.3. The minimum Gasteiger partial charge on any atom is -0.456 e. The molecule has 9 aromatic rings. The van der Waals surface area contributed by atoms with Gasteiger partial charge in [-0.3, -0.25) is 0 Å². The first-order valence-corrected chi connectivity index (χ1v) is 15.2. The summed E-state index contributed by atoms with van der Waals surface area (Å²) in [6.45, 7) is 0. The van der Waals surface area contributed by atoms with Crippen LogP contribution in [0.5, 0.6) is 0 Å². The lowest BCUT2D eigenvalue weighted by Crippen LogP contribution is -2.09. The predicted octanol–water partition coefficient (Wildman–Crippen LogP) is 12.3. The van der Waals surface area contributed by atoms with Gasteiger partial charge in [-0.1, -0.05) is 103 Å². The van der Waals surface area contributed by atoms with Crippen molar-refractivity contribution in [2.75, 3.05) is 4.90 Å². The molecule has 3 heteroatoms. The van der Waals surface area contributed by atoms with Gasteiger partial charge in [-0.15, -0.1) is 0 Å². The molecule has 0 saturated carbocycles.